The Morgan fingerprint density at radius 1 is 1.42 bits per heavy atom. The van der Waals surface area contributed by atoms with Gasteiger partial charge in [0.1, 0.15) is 0 Å². The molecule has 12 heavy (non-hydrogen) atoms. The van der Waals surface area contributed by atoms with Crippen molar-refractivity contribution < 1.29 is 9.84 Å². The lowest BCUT2D eigenvalue weighted by Crippen LogP contribution is -2.58. The summed E-state index contributed by atoms with van der Waals surface area (Å²) in [5.74, 6) is 0.421. The number of morpholine rings is 1. The molecule has 0 aromatic carbocycles. The van der Waals surface area contributed by atoms with E-state index in [0.717, 1.165) is 26.2 Å². The van der Waals surface area contributed by atoms with Crippen molar-refractivity contribution in [2.75, 3.05) is 32.8 Å². The van der Waals surface area contributed by atoms with Crippen LogP contribution in [0.4, 0.5) is 0 Å². The van der Waals surface area contributed by atoms with Crippen LogP contribution in [0.5, 0.6) is 0 Å². The van der Waals surface area contributed by atoms with Gasteiger partial charge in [-0.2, -0.15) is 0 Å². The van der Waals surface area contributed by atoms with E-state index in [2.05, 4.69) is 10.6 Å². The molecule has 2 heterocycles. The molecule has 0 spiro atoms. The Balaban J connectivity index is 1.80. The van der Waals surface area contributed by atoms with Crippen molar-refractivity contribution in [2.24, 2.45) is 5.92 Å². The van der Waals surface area contributed by atoms with E-state index in [4.69, 9.17) is 4.74 Å². The summed E-state index contributed by atoms with van der Waals surface area (Å²) >= 11 is 0. The van der Waals surface area contributed by atoms with E-state index in [0.29, 0.717) is 12.5 Å². The Kier molecular flexibility index (Phi) is 2.60. The van der Waals surface area contributed by atoms with Crippen LogP contribution in [-0.2, 0) is 4.74 Å². The third-order valence-electron chi connectivity index (χ3n) is 2.66. The lowest BCUT2D eigenvalue weighted by molar-refractivity contribution is -0.0173. The fraction of sp³-hybridized carbons (Fsp3) is 1.00. The topological polar surface area (TPSA) is 53.5 Å². The van der Waals surface area contributed by atoms with E-state index in [-0.39, 0.29) is 12.1 Å². The Morgan fingerprint density at radius 2 is 2.25 bits per heavy atom. The minimum Gasteiger partial charge on any atom is -0.391 e. The van der Waals surface area contributed by atoms with Gasteiger partial charge in [-0.05, 0) is 0 Å². The SMILES string of the molecule is OC(C1CNC1)C1COCCN1. The minimum absolute atomic E-state index is 0.144. The fourth-order valence-corrected chi connectivity index (χ4v) is 1.69. The molecule has 0 saturated carbocycles. The van der Waals surface area contributed by atoms with E-state index >= 15 is 0 Å². The molecule has 2 atom stereocenters. The molecule has 70 valence electrons. The predicted molar refractivity (Wildman–Crippen MR) is 45.0 cm³/mol. The number of aliphatic hydroxyl groups is 1. The summed E-state index contributed by atoms with van der Waals surface area (Å²) < 4.78 is 5.28. The van der Waals surface area contributed by atoms with Crippen molar-refractivity contribution in [1.29, 1.82) is 0 Å². The van der Waals surface area contributed by atoms with Gasteiger partial charge in [-0.15, -0.1) is 0 Å². The molecule has 2 aliphatic rings. The highest BCUT2D eigenvalue weighted by Crippen LogP contribution is 2.13. The number of hydrogen-bond acceptors (Lipinski definition) is 4. The summed E-state index contributed by atoms with van der Waals surface area (Å²) in [5, 5.41) is 16.2. The highest BCUT2D eigenvalue weighted by atomic mass is 16.5. The van der Waals surface area contributed by atoms with Crippen molar-refractivity contribution >= 4 is 0 Å². The Hall–Kier alpha value is -0.160. The summed E-state index contributed by atoms with van der Waals surface area (Å²) in [6, 6.07) is 0.144. The van der Waals surface area contributed by atoms with Gasteiger partial charge in [0.05, 0.1) is 25.4 Å². The summed E-state index contributed by atoms with van der Waals surface area (Å²) in [6.45, 7) is 4.17. The van der Waals surface area contributed by atoms with E-state index in [1.165, 1.54) is 0 Å². The summed E-state index contributed by atoms with van der Waals surface area (Å²) in [5.41, 5.74) is 0. The van der Waals surface area contributed by atoms with Gasteiger partial charge in [-0.3, -0.25) is 0 Å². The Bertz CT molecular complexity index is 144. The third kappa shape index (κ3) is 1.61. The van der Waals surface area contributed by atoms with Gasteiger partial charge < -0.3 is 20.5 Å². The number of nitrogens with one attached hydrogen (secondary N) is 2. The average molecular weight is 172 g/mol. The smallest absolute Gasteiger partial charge is 0.0768 e. The molecule has 2 rings (SSSR count). The standard InChI is InChI=1S/C8H16N2O2/c11-8(6-3-9-4-6)7-5-12-2-1-10-7/h6-11H,1-5H2. The zero-order valence-electron chi connectivity index (χ0n) is 7.12. The van der Waals surface area contributed by atoms with Gasteiger partial charge in [0.25, 0.3) is 0 Å². The summed E-state index contributed by atoms with van der Waals surface area (Å²) in [7, 11) is 0. The Labute approximate surface area is 72.3 Å². The van der Waals surface area contributed by atoms with Crippen LogP contribution in [0, 0.1) is 5.92 Å². The molecule has 2 fully saturated rings. The second-order valence-electron chi connectivity index (χ2n) is 3.54. The van der Waals surface area contributed by atoms with Crippen LogP contribution in [0.3, 0.4) is 0 Å². The van der Waals surface area contributed by atoms with Gasteiger partial charge in [-0.1, -0.05) is 0 Å². The molecule has 0 amide bonds. The number of aliphatic hydroxyl groups excluding tert-OH is 1. The van der Waals surface area contributed by atoms with Crippen molar-refractivity contribution in [2.45, 2.75) is 12.1 Å². The zero-order chi connectivity index (χ0) is 8.39. The first kappa shape index (κ1) is 8.44. The number of ether oxygens (including phenoxy) is 1. The van der Waals surface area contributed by atoms with Crippen molar-refractivity contribution in [3.63, 3.8) is 0 Å². The van der Waals surface area contributed by atoms with E-state index < -0.39 is 0 Å². The first-order valence-corrected chi connectivity index (χ1v) is 4.58. The van der Waals surface area contributed by atoms with Crippen LogP contribution in [0.2, 0.25) is 0 Å². The quantitative estimate of drug-likeness (QED) is 0.477. The van der Waals surface area contributed by atoms with Crippen molar-refractivity contribution in [3.8, 4) is 0 Å². The first-order chi connectivity index (χ1) is 5.88. The van der Waals surface area contributed by atoms with Gasteiger partial charge in [-0.25, -0.2) is 0 Å². The van der Waals surface area contributed by atoms with Gasteiger partial charge in [0.15, 0.2) is 0 Å². The molecule has 0 aromatic rings. The molecule has 0 aromatic heterocycles. The molecule has 0 bridgehead atoms. The maximum absolute atomic E-state index is 9.81. The molecule has 4 heteroatoms. The highest BCUT2D eigenvalue weighted by molar-refractivity contribution is 4.89. The van der Waals surface area contributed by atoms with Crippen molar-refractivity contribution in [3.05, 3.63) is 0 Å². The molecular formula is C8H16N2O2. The Morgan fingerprint density at radius 3 is 2.75 bits per heavy atom. The number of hydrogen-bond donors (Lipinski definition) is 3. The fourth-order valence-electron chi connectivity index (χ4n) is 1.69. The molecule has 4 nitrogen and oxygen atoms in total. The van der Waals surface area contributed by atoms with E-state index in [9.17, 15) is 5.11 Å². The van der Waals surface area contributed by atoms with Crippen LogP contribution in [0.1, 0.15) is 0 Å². The van der Waals surface area contributed by atoms with E-state index in [1.54, 1.807) is 0 Å². The van der Waals surface area contributed by atoms with Gasteiger partial charge >= 0.3 is 0 Å². The number of rotatable bonds is 2. The average Bonchev–Trinajstić information content (AvgIpc) is 2.03. The molecule has 0 radical (unpaired) electrons. The first-order valence-electron chi connectivity index (χ1n) is 4.58. The lowest BCUT2D eigenvalue weighted by Gasteiger charge is -2.37. The second-order valence-corrected chi connectivity index (χ2v) is 3.54. The normalized spacial score (nSPS) is 34.2. The lowest BCUT2D eigenvalue weighted by atomic mass is 9.91. The zero-order valence-corrected chi connectivity index (χ0v) is 7.12. The molecule has 3 N–H and O–H groups in total. The second kappa shape index (κ2) is 3.70. The third-order valence-corrected chi connectivity index (χ3v) is 2.66. The monoisotopic (exact) mass is 172 g/mol. The maximum atomic E-state index is 9.81. The van der Waals surface area contributed by atoms with Crippen LogP contribution < -0.4 is 10.6 Å². The largest absolute Gasteiger partial charge is 0.391 e. The summed E-state index contributed by atoms with van der Waals surface area (Å²) in [6.07, 6.45) is -0.244. The predicted octanol–water partition coefficient (Wildman–Crippen LogP) is -1.44. The minimum atomic E-state index is -0.244. The van der Waals surface area contributed by atoms with Crippen LogP contribution >= 0.6 is 0 Å². The van der Waals surface area contributed by atoms with Gasteiger partial charge in [0.2, 0.25) is 0 Å². The molecule has 0 aliphatic carbocycles. The van der Waals surface area contributed by atoms with E-state index in [1.807, 2.05) is 0 Å². The van der Waals surface area contributed by atoms with Gasteiger partial charge in [0, 0.05) is 25.6 Å². The van der Waals surface area contributed by atoms with Crippen LogP contribution in [0.25, 0.3) is 0 Å². The molecule has 2 unspecified atom stereocenters. The van der Waals surface area contributed by atoms with Crippen molar-refractivity contribution in [1.82, 2.24) is 10.6 Å². The van der Waals surface area contributed by atoms with Crippen LogP contribution in [0.15, 0.2) is 0 Å². The molecular weight excluding hydrogens is 156 g/mol. The maximum Gasteiger partial charge on any atom is 0.0768 e. The highest BCUT2D eigenvalue weighted by Gasteiger charge is 2.32. The molecule has 2 aliphatic heterocycles. The summed E-state index contributed by atoms with van der Waals surface area (Å²) in [4.78, 5) is 0. The molecule has 2 saturated heterocycles. The van der Waals surface area contributed by atoms with Crippen LogP contribution in [-0.4, -0.2) is 50.1 Å².